The molecule has 0 fully saturated rings. The summed E-state index contributed by atoms with van der Waals surface area (Å²) in [5.41, 5.74) is 0. The van der Waals surface area contributed by atoms with Crippen LogP contribution < -0.4 is 18.6 Å². The van der Waals surface area contributed by atoms with Gasteiger partial charge >= 0.3 is 56.5 Å². The summed E-state index contributed by atoms with van der Waals surface area (Å²) in [6.07, 6.45) is 0. The van der Waals surface area contributed by atoms with E-state index in [2.05, 4.69) is 33.3 Å². The van der Waals surface area contributed by atoms with Gasteiger partial charge in [-0.05, 0) is 0 Å². The fraction of sp³-hybridized carbons (Fsp3) is 0. The van der Waals surface area contributed by atoms with Gasteiger partial charge in [0, 0.05) is 17.1 Å². The number of halogens is 1. The van der Waals surface area contributed by atoms with Gasteiger partial charge in [-0.1, -0.05) is 0 Å². The average molecular weight is 294 g/mol. The van der Waals surface area contributed by atoms with Gasteiger partial charge in [-0.2, -0.15) is 0 Å². The Balaban J connectivity index is -0.0000000130. The van der Waals surface area contributed by atoms with Crippen molar-refractivity contribution in [1.29, 1.82) is 0 Å². The van der Waals surface area contributed by atoms with Crippen LogP contribution in [-0.4, -0.2) is 0 Å². The van der Waals surface area contributed by atoms with E-state index in [1.165, 1.54) is 0 Å². The molecule has 0 spiro atoms. The van der Waals surface area contributed by atoms with E-state index in [1.807, 2.05) is 0 Å². The van der Waals surface area contributed by atoms with Crippen LogP contribution in [0.4, 0.5) is 0 Å². The minimum Gasteiger partial charge on any atom is -0.222 e. The summed E-state index contributed by atoms with van der Waals surface area (Å²) in [4.78, 5) is 0. The summed E-state index contributed by atoms with van der Waals surface area (Å²) in [5.74, 6) is 0. The molecule has 0 saturated carbocycles. The first-order valence-electron chi connectivity index (χ1n) is 1.64. The van der Waals surface area contributed by atoms with Crippen molar-refractivity contribution in [3.63, 3.8) is 0 Å². The molecule has 0 aromatic carbocycles. The van der Waals surface area contributed by atoms with Crippen LogP contribution in [0.1, 0.15) is 0 Å². The molecule has 16 heavy (non-hydrogen) atoms. The van der Waals surface area contributed by atoms with Crippen LogP contribution in [0, 0.1) is 43.5 Å². The Bertz CT molecular complexity index is 134. The third-order valence-corrected chi connectivity index (χ3v) is 0. The molecule has 0 aliphatic rings. The van der Waals surface area contributed by atoms with Gasteiger partial charge in [-0.15, -0.1) is 10.2 Å². The van der Waals surface area contributed by atoms with E-state index in [4.69, 9.17) is 41.9 Å². The maximum Gasteiger partial charge on any atom is 0 e. The first-order valence-corrected chi connectivity index (χ1v) is 2.87. The van der Waals surface area contributed by atoms with Crippen LogP contribution in [0.15, 0.2) is 0 Å². The van der Waals surface area contributed by atoms with Crippen LogP contribution in [0.5, 0.6) is 0 Å². The minimum absolute atomic E-state index is 0. The molecule has 0 saturated heterocycles. The van der Waals surface area contributed by atoms with E-state index in [9.17, 15) is 0 Å². The summed E-state index contributed by atoms with van der Waals surface area (Å²) >= 11 is 0. The molecule has 0 aromatic rings. The predicted molar refractivity (Wildman–Crippen MR) is 19.6 cm³/mol. The molecule has 0 aromatic heterocycles. The fourth-order valence-electron chi connectivity index (χ4n) is 0. The van der Waals surface area contributed by atoms with E-state index >= 15 is 0 Å². The van der Waals surface area contributed by atoms with Crippen LogP contribution in [0.3, 0.4) is 0 Å². The molecule has 89 valence electrons. The Morgan fingerprint density at radius 2 is 0.500 bits per heavy atom. The van der Waals surface area contributed by atoms with Crippen molar-refractivity contribution in [2.24, 2.45) is 0 Å². The standard InChI is InChI=1S/5CO.ClHO4.Mn/c5*1-2;2-1(3,4)5;/h;;;;;(H,2,3,4,5);/p-1. The maximum absolute atomic E-state index is 8.49. The summed E-state index contributed by atoms with van der Waals surface area (Å²) in [5, 5.41) is 0. The van der Waals surface area contributed by atoms with Crippen molar-refractivity contribution in [3.05, 3.63) is 33.3 Å². The molecular formula is C5ClMnO9-. The molecule has 0 unspecified atom stereocenters. The summed E-state index contributed by atoms with van der Waals surface area (Å²) in [6.45, 7) is 22.5. The average Bonchev–Trinajstić information content (AvgIpc) is 2.29. The number of hydrogen-bond donors (Lipinski definition) is 0. The van der Waals surface area contributed by atoms with Gasteiger partial charge < -0.3 is 0 Å². The van der Waals surface area contributed by atoms with Gasteiger partial charge in [-0.3, -0.25) is 0 Å². The summed E-state index contributed by atoms with van der Waals surface area (Å²) < 4.78 is 71.5. The molecule has 0 rings (SSSR count). The fourth-order valence-corrected chi connectivity index (χ4v) is 0. The Kier molecular flexibility index (Phi) is 253. The zero-order valence-electron chi connectivity index (χ0n) is 6.93. The van der Waals surface area contributed by atoms with Crippen molar-refractivity contribution in [1.82, 2.24) is 0 Å². The smallest absolute Gasteiger partial charge is 0 e. The monoisotopic (exact) mass is 294 g/mol. The molecule has 0 aliphatic heterocycles. The SMILES string of the molecule is [C-]#[O+].[C-]#[O+].[C-]#[O+].[C-]#[O+].[C-]#[O+].[Mn].[O-][Cl+3]([O-])([O-])[O-]. The Labute approximate surface area is 103 Å². The maximum atomic E-state index is 8.49. The van der Waals surface area contributed by atoms with Crippen molar-refractivity contribution >= 4 is 0 Å². The molecule has 0 atom stereocenters. The molecular weight excluding hydrogens is 294 g/mol. The molecule has 0 N–H and O–H groups in total. The van der Waals surface area contributed by atoms with Gasteiger partial charge in [0.25, 0.3) is 0 Å². The Hall–Kier alpha value is -0.651. The normalized spacial score (nSPS) is 4.38. The number of rotatable bonds is 0. The molecule has 9 nitrogen and oxygen atoms in total. The van der Waals surface area contributed by atoms with E-state index in [-0.39, 0.29) is 17.1 Å². The molecule has 0 aliphatic carbocycles. The quantitative estimate of drug-likeness (QED) is 0.245. The number of hydrogen-bond acceptors (Lipinski definition) is 4. The van der Waals surface area contributed by atoms with E-state index < -0.39 is 10.2 Å². The second-order valence-electron chi connectivity index (χ2n) is 0.378. The van der Waals surface area contributed by atoms with Crippen LogP contribution in [-0.2, 0) is 40.3 Å². The topological polar surface area (TPSA) is 192 Å². The van der Waals surface area contributed by atoms with Crippen molar-refractivity contribution in [3.8, 4) is 0 Å². The molecule has 1 radical (unpaired) electrons. The van der Waals surface area contributed by atoms with Crippen LogP contribution in [0.25, 0.3) is 0 Å². The first kappa shape index (κ1) is 45.3. The second kappa shape index (κ2) is 89.4. The van der Waals surface area contributed by atoms with Crippen LogP contribution in [0.2, 0.25) is 0 Å². The second-order valence-corrected chi connectivity index (χ2v) is 1.13. The van der Waals surface area contributed by atoms with Gasteiger partial charge in [0.2, 0.25) is 0 Å². The zero-order valence-corrected chi connectivity index (χ0v) is 8.87. The van der Waals surface area contributed by atoms with E-state index in [0.29, 0.717) is 0 Å². The predicted octanol–water partition coefficient (Wildman–Crippen LogP) is -4.95. The third kappa shape index (κ3) is 4810. The van der Waals surface area contributed by atoms with E-state index in [0.717, 1.165) is 0 Å². The minimum atomic E-state index is -4.94. The van der Waals surface area contributed by atoms with Crippen molar-refractivity contribution in [2.45, 2.75) is 0 Å². The third-order valence-electron chi connectivity index (χ3n) is 0. The van der Waals surface area contributed by atoms with Gasteiger partial charge in [0.05, 0.1) is 0 Å². The summed E-state index contributed by atoms with van der Waals surface area (Å²) in [7, 11) is -4.94. The van der Waals surface area contributed by atoms with Crippen molar-refractivity contribution < 1.29 is 69.2 Å². The molecule has 0 bridgehead atoms. The Morgan fingerprint density at radius 1 is 0.500 bits per heavy atom. The zero-order chi connectivity index (χ0) is 14.5. The largest absolute Gasteiger partial charge is 0.222 e. The van der Waals surface area contributed by atoms with Gasteiger partial charge in [-0.25, -0.2) is 18.6 Å². The molecule has 0 heterocycles. The molecule has 11 heteroatoms. The first-order chi connectivity index (χ1) is 7.00. The van der Waals surface area contributed by atoms with Gasteiger partial charge in [0.1, 0.15) is 0 Å². The molecule has 0 amide bonds. The van der Waals surface area contributed by atoms with E-state index in [1.54, 1.807) is 0 Å². The van der Waals surface area contributed by atoms with Gasteiger partial charge in [0.15, 0.2) is 0 Å². The van der Waals surface area contributed by atoms with Crippen LogP contribution >= 0.6 is 0 Å². The van der Waals surface area contributed by atoms with Crippen molar-refractivity contribution in [2.75, 3.05) is 0 Å². The Morgan fingerprint density at radius 3 is 0.500 bits per heavy atom. The summed E-state index contributed by atoms with van der Waals surface area (Å²) in [6, 6.07) is 0.